The number of aromatic nitrogens is 2. The zero-order valence-corrected chi connectivity index (χ0v) is 13.7. The number of rotatable bonds is 5. The Balaban J connectivity index is 1.67. The number of nitrogens with zero attached hydrogens (tertiary/aromatic N) is 2. The SMILES string of the molecule is Cc1cc(C)n(C(CNC(=O)NC2CCCC2)c2ccco2)n1. The molecule has 1 atom stereocenters. The quantitative estimate of drug-likeness (QED) is 0.891. The van der Waals surface area contributed by atoms with E-state index in [2.05, 4.69) is 15.7 Å². The van der Waals surface area contributed by atoms with Gasteiger partial charge in [-0.05, 0) is 44.9 Å². The molecule has 1 fully saturated rings. The molecule has 0 aromatic carbocycles. The van der Waals surface area contributed by atoms with Gasteiger partial charge in [-0.25, -0.2) is 4.79 Å². The van der Waals surface area contributed by atoms with Crippen LogP contribution in [0.25, 0.3) is 0 Å². The standard InChI is InChI=1S/C17H24N4O2/c1-12-10-13(2)21(20-12)15(16-8-5-9-23-16)11-18-17(22)19-14-6-3-4-7-14/h5,8-10,14-15H,3-4,6-7,11H2,1-2H3,(H2,18,19,22). The fourth-order valence-electron chi connectivity index (χ4n) is 3.25. The Labute approximate surface area is 136 Å². The first-order valence-electron chi connectivity index (χ1n) is 8.24. The predicted molar refractivity (Wildman–Crippen MR) is 87.3 cm³/mol. The van der Waals surface area contributed by atoms with Crippen LogP contribution in [0.3, 0.4) is 0 Å². The summed E-state index contributed by atoms with van der Waals surface area (Å²) in [7, 11) is 0. The van der Waals surface area contributed by atoms with Crippen LogP contribution in [0.1, 0.15) is 48.9 Å². The van der Waals surface area contributed by atoms with E-state index in [1.807, 2.05) is 36.7 Å². The topological polar surface area (TPSA) is 72.1 Å². The summed E-state index contributed by atoms with van der Waals surface area (Å²) in [6.45, 7) is 4.41. The van der Waals surface area contributed by atoms with E-state index in [0.717, 1.165) is 30.0 Å². The van der Waals surface area contributed by atoms with Crippen molar-refractivity contribution in [3.8, 4) is 0 Å². The van der Waals surface area contributed by atoms with Gasteiger partial charge in [0.05, 0.1) is 12.0 Å². The molecule has 1 unspecified atom stereocenters. The summed E-state index contributed by atoms with van der Waals surface area (Å²) >= 11 is 0. The summed E-state index contributed by atoms with van der Waals surface area (Å²) in [6.07, 6.45) is 6.20. The van der Waals surface area contributed by atoms with E-state index in [1.54, 1.807) is 6.26 Å². The number of furan rings is 1. The zero-order chi connectivity index (χ0) is 16.2. The summed E-state index contributed by atoms with van der Waals surface area (Å²) < 4.78 is 7.45. The van der Waals surface area contributed by atoms with Crippen LogP contribution < -0.4 is 10.6 Å². The van der Waals surface area contributed by atoms with Gasteiger partial charge in [-0.3, -0.25) is 4.68 Å². The second-order valence-electron chi connectivity index (χ2n) is 6.24. The number of nitrogens with one attached hydrogen (secondary N) is 2. The van der Waals surface area contributed by atoms with E-state index in [1.165, 1.54) is 12.8 Å². The van der Waals surface area contributed by atoms with Gasteiger partial charge in [-0.15, -0.1) is 0 Å². The van der Waals surface area contributed by atoms with Crippen LogP contribution in [0.5, 0.6) is 0 Å². The fourth-order valence-corrected chi connectivity index (χ4v) is 3.25. The number of amides is 2. The van der Waals surface area contributed by atoms with E-state index in [0.29, 0.717) is 12.6 Å². The Kier molecular flexibility index (Phi) is 4.69. The zero-order valence-electron chi connectivity index (χ0n) is 13.7. The van der Waals surface area contributed by atoms with Crippen LogP contribution in [0.15, 0.2) is 28.9 Å². The van der Waals surface area contributed by atoms with Crippen molar-refractivity contribution in [1.29, 1.82) is 0 Å². The summed E-state index contributed by atoms with van der Waals surface area (Å²) in [5, 5.41) is 10.5. The van der Waals surface area contributed by atoms with Crippen LogP contribution in [0, 0.1) is 13.8 Å². The first kappa shape index (κ1) is 15.6. The highest BCUT2D eigenvalue weighted by atomic mass is 16.3. The molecule has 0 bridgehead atoms. The third-order valence-corrected chi connectivity index (χ3v) is 4.36. The molecule has 0 spiro atoms. The van der Waals surface area contributed by atoms with Crippen molar-refractivity contribution >= 4 is 6.03 Å². The maximum Gasteiger partial charge on any atom is 0.315 e. The molecule has 2 heterocycles. The minimum absolute atomic E-state index is 0.116. The molecule has 124 valence electrons. The average Bonchev–Trinajstić information content (AvgIpc) is 3.23. The van der Waals surface area contributed by atoms with Crippen LogP contribution in [-0.4, -0.2) is 28.4 Å². The Morgan fingerprint density at radius 2 is 2.22 bits per heavy atom. The molecule has 0 aliphatic heterocycles. The molecule has 0 saturated heterocycles. The maximum atomic E-state index is 12.1. The normalized spacial score (nSPS) is 16.4. The third kappa shape index (κ3) is 3.75. The van der Waals surface area contributed by atoms with E-state index in [9.17, 15) is 4.79 Å². The molecule has 6 nitrogen and oxygen atoms in total. The first-order valence-corrected chi connectivity index (χ1v) is 8.24. The Bertz CT molecular complexity index is 642. The minimum atomic E-state index is -0.145. The van der Waals surface area contributed by atoms with Crippen molar-refractivity contribution in [3.05, 3.63) is 41.6 Å². The number of aryl methyl sites for hydroxylation is 2. The molecular weight excluding hydrogens is 292 g/mol. The van der Waals surface area contributed by atoms with Gasteiger partial charge in [0.2, 0.25) is 0 Å². The van der Waals surface area contributed by atoms with Crippen molar-refractivity contribution in [2.75, 3.05) is 6.54 Å². The van der Waals surface area contributed by atoms with Gasteiger partial charge in [0, 0.05) is 18.3 Å². The Hall–Kier alpha value is -2.24. The van der Waals surface area contributed by atoms with Crippen LogP contribution in [-0.2, 0) is 0 Å². The van der Waals surface area contributed by atoms with Crippen molar-refractivity contribution in [3.63, 3.8) is 0 Å². The monoisotopic (exact) mass is 316 g/mol. The summed E-state index contributed by atoms with van der Waals surface area (Å²) in [6, 6.07) is 5.84. The van der Waals surface area contributed by atoms with Crippen molar-refractivity contribution in [2.24, 2.45) is 0 Å². The molecular formula is C17H24N4O2. The van der Waals surface area contributed by atoms with Gasteiger partial charge in [-0.1, -0.05) is 12.8 Å². The average molecular weight is 316 g/mol. The van der Waals surface area contributed by atoms with Gasteiger partial charge in [-0.2, -0.15) is 5.10 Å². The predicted octanol–water partition coefficient (Wildman–Crippen LogP) is 2.92. The number of carbonyl (C=O) groups excluding carboxylic acids is 1. The number of hydrogen-bond acceptors (Lipinski definition) is 3. The lowest BCUT2D eigenvalue weighted by atomic mass is 10.2. The molecule has 2 aromatic rings. The van der Waals surface area contributed by atoms with Gasteiger partial charge >= 0.3 is 6.03 Å². The van der Waals surface area contributed by atoms with E-state index in [4.69, 9.17) is 4.42 Å². The summed E-state index contributed by atoms with van der Waals surface area (Å²) in [5.41, 5.74) is 2.00. The number of carbonyl (C=O) groups is 1. The lowest BCUT2D eigenvalue weighted by molar-refractivity contribution is 0.234. The maximum absolute atomic E-state index is 12.1. The molecule has 2 aromatic heterocycles. The first-order chi connectivity index (χ1) is 11.1. The molecule has 23 heavy (non-hydrogen) atoms. The summed E-state index contributed by atoms with van der Waals surface area (Å²) in [4.78, 5) is 12.1. The Morgan fingerprint density at radius 1 is 1.43 bits per heavy atom. The fraction of sp³-hybridized carbons (Fsp3) is 0.529. The highest BCUT2D eigenvalue weighted by molar-refractivity contribution is 5.74. The molecule has 1 aliphatic rings. The van der Waals surface area contributed by atoms with Gasteiger partial charge in [0.25, 0.3) is 0 Å². The Morgan fingerprint density at radius 3 is 2.83 bits per heavy atom. The molecule has 3 rings (SSSR count). The third-order valence-electron chi connectivity index (χ3n) is 4.36. The van der Waals surface area contributed by atoms with Crippen LogP contribution in [0.4, 0.5) is 4.79 Å². The van der Waals surface area contributed by atoms with Crippen molar-refractivity contribution in [1.82, 2.24) is 20.4 Å². The smallest absolute Gasteiger partial charge is 0.315 e. The van der Waals surface area contributed by atoms with Gasteiger partial charge in [0.15, 0.2) is 0 Å². The van der Waals surface area contributed by atoms with E-state index >= 15 is 0 Å². The molecule has 1 saturated carbocycles. The van der Waals surface area contributed by atoms with Gasteiger partial charge < -0.3 is 15.1 Å². The van der Waals surface area contributed by atoms with E-state index < -0.39 is 0 Å². The molecule has 6 heteroatoms. The molecule has 2 amide bonds. The van der Waals surface area contributed by atoms with E-state index in [-0.39, 0.29) is 12.1 Å². The van der Waals surface area contributed by atoms with Gasteiger partial charge in [0.1, 0.15) is 11.8 Å². The highest BCUT2D eigenvalue weighted by Gasteiger charge is 2.22. The van der Waals surface area contributed by atoms with Crippen molar-refractivity contribution in [2.45, 2.75) is 51.6 Å². The number of urea groups is 1. The van der Waals surface area contributed by atoms with Crippen molar-refractivity contribution < 1.29 is 9.21 Å². The van der Waals surface area contributed by atoms with Crippen LogP contribution >= 0.6 is 0 Å². The number of hydrogen-bond donors (Lipinski definition) is 2. The molecule has 1 aliphatic carbocycles. The lowest BCUT2D eigenvalue weighted by Crippen LogP contribution is -2.43. The lowest BCUT2D eigenvalue weighted by Gasteiger charge is -2.19. The van der Waals surface area contributed by atoms with Crippen LogP contribution in [0.2, 0.25) is 0 Å². The highest BCUT2D eigenvalue weighted by Crippen LogP contribution is 2.20. The second kappa shape index (κ2) is 6.89. The summed E-state index contributed by atoms with van der Waals surface area (Å²) in [5.74, 6) is 0.789. The molecule has 0 radical (unpaired) electrons. The second-order valence-corrected chi connectivity index (χ2v) is 6.24. The largest absolute Gasteiger partial charge is 0.467 e. The minimum Gasteiger partial charge on any atom is -0.467 e. The molecule has 2 N–H and O–H groups in total.